The predicted octanol–water partition coefficient (Wildman–Crippen LogP) is 2.86. The van der Waals surface area contributed by atoms with Crippen LogP contribution in [-0.2, 0) is 6.54 Å². The quantitative estimate of drug-likeness (QED) is 0.728. The second kappa shape index (κ2) is 7.48. The highest BCUT2D eigenvalue weighted by molar-refractivity contribution is 5.19. The number of hydrogen-bond acceptors (Lipinski definition) is 3. The standard InChI is InChI=1S/C16H20N2O2/c1-2-3-4-10-20-15-7-9-18(16(19)11-15)13-14-6-5-8-17-12-14/h5-9,11-12H,2-4,10,13H2,1H3. The minimum atomic E-state index is -0.0538. The lowest BCUT2D eigenvalue weighted by Crippen LogP contribution is -2.19. The molecular formula is C16H20N2O2. The van der Waals surface area contributed by atoms with Crippen LogP contribution in [0.25, 0.3) is 0 Å². The van der Waals surface area contributed by atoms with E-state index in [9.17, 15) is 4.79 Å². The zero-order valence-corrected chi connectivity index (χ0v) is 11.8. The molecule has 2 heterocycles. The zero-order valence-electron chi connectivity index (χ0n) is 11.8. The van der Waals surface area contributed by atoms with E-state index in [0.717, 1.165) is 24.8 Å². The number of nitrogens with zero attached hydrogens (tertiary/aromatic N) is 2. The first kappa shape index (κ1) is 14.3. The van der Waals surface area contributed by atoms with Crippen molar-refractivity contribution in [3.05, 3.63) is 58.8 Å². The molecule has 4 nitrogen and oxygen atoms in total. The van der Waals surface area contributed by atoms with Gasteiger partial charge in [-0.05, 0) is 24.1 Å². The van der Waals surface area contributed by atoms with E-state index in [4.69, 9.17) is 4.74 Å². The zero-order chi connectivity index (χ0) is 14.2. The van der Waals surface area contributed by atoms with Gasteiger partial charge in [0.05, 0.1) is 13.2 Å². The van der Waals surface area contributed by atoms with Crippen LogP contribution in [0.5, 0.6) is 5.75 Å². The lowest BCUT2D eigenvalue weighted by atomic mass is 10.3. The van der Waals surface area contributed by atoms with Crippen LogP contribution in [-0.4, -0.2) is 16.2 Å². The SMILES string of the molecule is CCCCCOc1ccn(Cc2cccnc2)c(=O)c1. The molecule has 2 aromatic heterocycles. The van der Waals surface area contributed by atoms with Crippen LogP contribution in [0.15, 0.2) is 47.7 Å². The highest BCUT2D eigenvalue weighted by Gasteiger charge is 2.01. The fraction of sp³-hybridized carbons (Fsp3) is 0.375. The van der Waals surface area contributed by atoms with Crippen molar-refractivity contribution >= 4 is 0 Å². The predicted molar refractivity (Wildman–Crippen MR) is 79.1 cm³/mol. The summed E-state index contributed by atoms with van der Waals surface area (Å²) in [4.78, 5) is 16.0. The molecule has 0 aromatic carbocycles. The average molecular weight is 272 g/mol. The van der Waals surface area contributed by atoms with Crippen LogP contribution < -0.4 is 10.3 Å². The van der Waals surface area contributed by atoms with Gasteiger partial charge in [0.25, 0.3) is 5.56 Å². The summed E-state index contributed by atoms with van der Waals surface area (Å²) < 4.78 is 7.22. The van der Waals surface area contributed by atoms with Gasteiger partial charge >= 0.3 is 0 Å². The van der Waals surface area contributed by atoms with Gasteiger partial charge in [0, 0.05) is 24.7 Å². The summed E-state index contributed by atoms with van der Waals surface area (Å²) in [5, 5.41) is 0. The molecular weight excluding hydrogens is 252 g/mol. The van der Waals surface area contributed by atoms with Gasteiger partial charge in [0.2, 0.25) is 0 Å². The lowest BCUT2D eigenvalue weighted by Gasteiger charge is -2.08. The number of pyridine rings is 2. The van der Waals surface area contributed by atoms with Crippen LogP contribution in [0.2, 0.25) is 0 Å². The van der Waals surface area contributed by atoms with Gasteiger partial charge in [-0.1, -0.05) is 25.8 Å². The Hall–Kier alpha value is -2.10. The Morgan fingerprint density at radius 3 is 2.90 bits per heavy atom. The van der Waals surface area contributed by atoms with Crippen molar-refractivity contribution in [2.75, 3.05) is 6.61 Å². The van der Waals surface area contributed by atoms with Crippen molar-refractivity contribution < 1.29 is 4.74 Å². The lowest BCUT2D eigenvalue weighted by molar-refractivity contribution is 0.305. The Labute approximate surface area is 119 Å². The minimum absolute atomic E-state index is 0.0538. The third kappa shape index (κ3) is 4.23. The highest BCUT2D eigenvalue weighted by atomic mass is 16.5. The number of unbranched alkanes of at least 4 members (excludes halogenated alkanes) is 2. The first-order chi connectivity index (χ1) is 9.79. The summed E-state index contributed by atoms with van der Waals surface area (Å²) in [6.45, 7) is 3.35. The molecule has 0 radical (unpaired) electrons. The van der Waals surface area contributed by atoms with Gasteiger partial charge in [-0.15, -0.1) is 0 Å². The maximum Gasteiger partial charge on any atom is 0.254 e. The molecule has 0 saturated carbocycles. The Balaban J connectivity index is 1.97. The summed E-state index contributed by atoms with van der Waals surface area (Å²) >= 11 is 0. The van der Waals surface area contributed by atoms with Crippen molar-refractivity contribution in [2.24, 2.45) is 0 Å². The molecule has 0 amide bonds. The fourth-order valence-corrected chi connectivity index (χ4v) is 1.94. The Bertz CT molecular complexity index is 579. The largest absolute Gasteiger partial charge is 0.493 e. The van der Waals surface area contributed by atoms with Crippen molar-refractivity contribution in [3.8, 4) is 5.75 Å². The number of aromatic nitrogens is 2. The first-order valence-electron chi connectivity index (χ1n) is 7.02. The van der Waals surface area contributed by atoms with E-state index in [1.807, 2.05) is 18.2 Å². The molecule has 2 aromatic rings. The molecule has 0 bridgehead atoms. The maximum absolute atomic E-state index is 12.0. The maximum atomic E-state index is 12.0. The first-order valence-corrected chi connectivity index (χ1v) is 7.02. The molecule has 2 rings (SSSR count). The van der Waals surface area contributed by atoms with E-state index in [1.165, 1.54) is 0 Å². The van der Waals surface area contributed by atoms with Gasteiger partial charge < -0.3 is 9.30 Å². The van der Waals surface area contributed by atoms with Crippen LogP contribution >= 0.6 is 0 Å². The molecule has 0 N–H and O–H groups in total. The molecule has 0 saturated heterocycles. The van der Waals surface area contributed by atoms with Crippen LogP contribution in [0.1, 0.15) is 31.7 Å². The summed E-state index contributed by atoms with van der Waals surface area (Å²) in [6, 6.07) is 7.20. The molecule has 0 aliphatic rings. The van der Waals surface area contributed by atoms with E-state index in [-0.39, 0.29) is 5.56 Å². The van der Waals surface area contributed by atoms with Crippen molar-refractivity contribution in [3.63, 3.8) is 0 Å². The molecule has 0 spiro atoms. The Morgan fingerprint density at radius 1 is 1.30 bits per heavy atom. The topological polar surface area (TPSA) is 44.1 Å². The second-order valence-corrected chi connectivity index (χ2v) is 4.75. The summed E-state index contributed by atoms with van der Waals surface area (Å²) in [6.07, 6.45) is 8.59. The molecule has 4 heteroatoms. The van der Waals surface area contributed by atoms with Crippen molar-refractivity contribution in [2.45, 2.75) is 32.7 Å². The van der Waals surface area contributed by atoms with Gasteiger partial charge in [0.15, 0.2) is 0 Å². The van der Waals surface area contributed by atoms with Gasteiger partial charge in [-0.25, -0.2) is 0 Å². The molecule has 106 valence electrons. The number of ether oxygens (including phenoxy) is 1. The van der Waals surface area contributed by atoms with Gasteiger partial charge in [0.1, 0.15) is 5.75 Å². The van der Waals surface area contributed by atoms with Crippen molar-refractivity contribution in [1.29, 1.82) is 0 Å². The van der Waals surface area contributed by atoms with Gasteiger partial charge in [-0.2, -0.15) is 0 Å². The third-order valence-corrected chi connectivity index (χ3v) is 3.06. The molecule has 0 atom stereocenters. The molecule has 20 heavy (non-hydrogen) atoms. The monoisotopic (exact) mass is 272 g/mol. The molecule has 0 aliphatic heterocycles. The molecule has 0 unspecified atom stereocenters. The molecule has 0 aliphatic carbocycles. The third-order valence-electron chi connectivity index (χ3n) is 3.06. The van der Waals surface area contributed by atoms with E-state index >= 15 is 0 Å². The normalized spacial score (nSPS) is 10.4. The smallest absolute Gasteiger partial charge is 0.254 e. The van der Waals surface area contributed by atoms with Crippen molar-refractivity contribution in [1.82, 2.24) is 9.55 Å². The summed E-state index contributed by atoms with van der Waals surface area (Å²) in [5.74, 6) is 0.647. The van der Waals surface area contributed by atoms with E-state index in [2.05, 4.69) is 11.9 Å². The average Bonchev–Trinajstić information content (AvgIpc) is 2.47. The fourth-order valence-electron chi connectivity index (χ4n) is 1.94. The minimum Gasteiger partial charge on any atom is -0.493 e. The van der Waals surface area contributed by atoms with E-state index in [1.54, 1.807) is 29.2 Å². The van der Waals surface area contributed by atoms with Crippen LogP contribution in [0, 0.1) is 0 Å². The number of rotatable bonds is 7. The van der Waals surface area contributed by atoms with E-state index < -0.39 is 0 Å². The Kier molecular flexibility index (Phi) is 5.35. The number of hydrogen-bond donors (Lipinski definition) is 0. The second-order valence-electron chi connectivity index (χ2n) is 4.75. The summed E-state index contributed by atoms with van der Waals surface area (Å²) in [7, 11) is 0. The molecule has 0 fully saturated rings. The van der Waals surface area contributed by atoms with Crippen LogP contribution in [0.3, 0.4) is 0 Å². The van der Waals surface area contributed by atoms with Gasteiger partial charge in [-0.3, -0.25) is 9.78 Å². The van der Waals surface area contributed by atoms with E-state index in [0.29, 0.717) is 18.9 Å². The Morgan fingerprint density at radius 2 is 2.20 bits per heavy atom. The highest BCUT2D eigenvalue weighted by Crippen LogP contribution is 2.08. The van der Waals surface area contributed by atoms with Crippen LogP contribution in [0.4, 0.5) is 0 Å². The summed E-state index contributed by atoms with van der Waals surface area (Å²) in [5.41, 5.74) is 0.952.